The smallest absolute Gasteiger partial charge is 0.0877 e. The second kappa shape index (κ2) is 2.12. The van der Waals surface area contributed by atoms with Crippen LogP contribution < -0.4 is 0 Å². The molecule has 3 atom stereocenters. The third-order valence-electron chi connectivity index (χ3n) is 2.71. The molecule has 9 heavy (non-hydrogen) atoms. The summed E-state index contributed by atoms with van der Waals surface area (Å²) >= 11 is 0. The van der Waals surface area contributed by atoms with E-state index in [1.807, 2.05) is 6.66 Å². The second-order valence-corrected chi connectivity index (χ2v) is 7.01. The molecule has 0 spiro atoms. The summed E-state index contributed by atoms with van der Waals surface area (Å²) in [4.78, 5) is 0. The van der Waals surface area contributed by atoms with Gasteiger partial charge in [0.1, 0.15) is 0 Å². The second-order valence-electron chi connectivity index (χ2n) is 3.40. The molecule has 0 aromatic carbocycles. The van der Waals surface area contributed by atoms with Gasteiger partial charge in [-0.05, 0) is 19.0 Å². The first-order valence-corrected chi connectivity index (χ1v) is 6.01. The van der Waals surface area contributed by atoms with Gasteiger partial charge in [0, 0.05) is 11.8 Å². The van der Waals surface area contributed by atoms with Crippen LogP contribution in [0.5, 0.6) is 0 Å². The molecule has 0 amide bonds. The molecule has 0 saturated carbocycles. The summed E-state index contributed by atoms with van der Waals surface area (Å²) < 4.78 is 11.6. The van der Waals surface area contributed by atoms with Crippen molar-refractivity contribution in [3.63, 3.8) is 0 Å². The number of hydrogen-bond acceptors (Lipinski definition) is 1. The molecule has 0 radical (unpaired) electrons. The van der Waals surface area contributed by atoms with Crippen LogP contribution in [-0.2, 0) is 4.57 Å². The molecule has 1 saturated heterocycles. The Labute approximate surface area is 57.2 Å². The maximum absolute atomic E-state index is 11.6. The highest BCUT2D eigenvalue weighted by atomic mass is 31.2. The van der Waals surface area contributed by atoms with Crippen LogP contribution in [0.1, 0.15) is 20.3 Å². The van der Waals surface area contributed by atoms with Crippen molar-refractivity contribution in [1.82, 2.24) is 0 Å². The molecule has 0 bridgehead atoms. The Kier molecular flexibility index (Phi) is 1.73. The highest BCUT2D eigenvalue weighted by Gasteiger charge is 2.34. The lowest BCUT2D eigenvalue weighted by Gasteiger charge is -2.13. The van der Waals surface area contributed by atoms with Crippen LogP contribution in [0.15, 0.2) is 0 Å². The summed E-state index contributed by atoms with van der Waals surface area (Å²) in [5, 5.41) is 0. The summed E-state index contributed by atoms with van der Waals surface area (Å²) in [6.07, 6.45) is 2.16. The Bertz CT molecular complexity index is 153. The highest BCUT2D eigenvalue weighted by Crippen LogP contribution is 2.56. The molecule has 1 heterocycles. The molecule has 1 rings (SSSR count). The third kappa shape index (κ3) is 1.21. The first-order chi connectivity index (χ1) is 4.04. The SMILES string of the molecule is C[C@H]1CCP(C)(=O)[C@H]1C. The molecule has 0 N–H and O–H groups in total. The molecule has 0 aromatic rings. The van der Waals surface area contributed by atoms with Crippen LogP contribution in [0.25, 0.3) is 0 Å². The zero-order valence-corrected chi connectivity index (χ0v) is 7.32. The van der Waals surface area contributed by atoms with Crippen molar-refractivity contribution in [2.45, 2.75) is 25.9 Å². The number of hydrogen-bond donors (Lipinski definition) is 0. The van der Waals surface area contributed by atoms with Crippen molar-refractivity contribution < 1.29 is 4.57 Å². The topological polar surface area (TPSA) is 17.1 Å². The monoisotopic (exact) mass is 146 g/mol. The van der Waals surface area contributed by atoms with E-state index in [-0.39, 0.29) is 0 Å². The van der Waals surface area contributed by atoms with E-state index in [2.05, 4.69) is 13.8 Å². The van der Waals surface area contributed by atoms with Gasteiger partial charge in [-0.2, -0.15) is 0 Å². The Balaban J connectivity index is 2.74. The zero-order chi connectivity index (χ0) is 7.07. The van der Waals surface area contributed by atoms with Gasteiger partial charge >= 0.3 is 0 Å². The lowest BCUT2D eigenvalue weighted by Crippen LogP contribution is -2.04. The van der Waals surface area contributed by atoms with Crippen LogP contribution in [-0.4, -0.2) is 18.5 Å². The lowest BCUT2D eigenvalue weighted by atomic mass is 10.1. The Morgan fingerprint density at radius 2 is 2.00 bits per heavy atom. The van der Waals surface area contributed by atoms with Gasteiger partial charge in [-0.15, -0.1) is 0 Å². The van der Waals surface area contributed by atoms with E-state index in [1.54, 1.807) is 0 Å². The van der Waals surface area contributed by atoms with Crippen molar-refractivity contribution in [1.29, 1.82) is 0 Å². The largest absolute Gasteiger partial charge is 0.324 e. The van der Waals surface area contributed by atoms with E-state index in [1.165, 1.54) is 6.42 Å². The molecular weight excluding hydrogens is 131 g/mol. The fraction of sp³-hybridized carbons (Fsp3) is 1.00. The summed E-state index contributed by atoms with van der Waals surface area (Å²) in [5.41, 5.74) is 0.484. The van der Waals surface area contributed by atoms with Gasteiger partial charge in [-0.1, -0.05) is 13.8 Å². The molecule has 1 fully saturated rings. The first-order valence-electron chi connectivity index (χ1n) is 3.60. The van der Waals surface area contributed by atoms with Gasteiger partial charge in [0.05, 0.1) is 7.14 Å². The van der Waals surface area contributed by atoms with E-state index in [4.69, 9.17) is 0 Å². The Morgan fingerprint density at radius 3 is 2.11 bits per heavy atom. The Morgan fingerprint density at radius 1 is 1.44 bits per heavy atom. The molecule has 2 heteroatoms. The zero-order valence-electron chi connectivity index (χ0n) is 6.42. The molecule has 1 aliphatic heterocycles. The average molecular weight is 146 g/mol. The lowest BCUT2D eigenvalue weighted by molar-refractivity contribution is 0.555. The van der Waals surface area contributed by atoms with Gasteiger partial charge in [0.15, 0.2) is 0 Å². The van der Waals surface area contributed by atoms with E-state index in [9.17, 15) is 4.57 Å². The van der Waals surface area contributed by atoms with Crippen LogP contribution in [0.4, 0.5) is 0 Å². The van der Waals surface area contributed by atoms with Crippen molar-refractivity contribution >= 4 is 7.14 Å². The average Bonchev–Trinajstić information content (AvgIpc) is 1.97. The van der Waals surface area contributed by atoms with Crippen LogP contribution in [0.3, 0.4) is 0 Å². The molecule has 54 valence electrons. The van der Waals surface area contributed by atoms with E-state index < -0.39 is 7.14 Å². The minimum Gasteiger partial charge on any atom is -0.324 e. The summed E-state index contributed by atoms with van der Waals surface area (Å²) in [6.45, 7) is 6.27. The molecule has 1 unspecified atom stereocenters. The minimum absolute atomic E-state index is 0.484. The molecule has 1 aliphatic rings. The molecule has 1 nitrogen and oxygen atoms in total. The summed E-state index contributed by atoms with van der Waals surface area (Å²) in [7, 11) is -1.69. The standard InChI is InChI=1S/C7H15OP/c1-6-4-5-9(3,8)7(6)2/h6-7H,4-5H2,1-3H3/t6-,7-,9?/m0/s1. The van der Waals surface area contributed by atoms with Crippen molar-refractivity contribution in [3.05, 3.63) is 0 Å². The quantitative estimate of drug-likeness (QED) is 0.479. The minimum atomic E-state index is -1.69. The first kappa shape index (κ1) is 7.34. The van der Waals surface area contributed by atoms with E-state index >= 15 is 0 Å². The number of rotatable bonds is 0. The van der Waals surface area contributed by atoms with Gasteiger partial charge < -0.3 is 4.57 Å². The van der Waals surface area contributed by atoms with Crippen molar-refractivity contribution in [2.75, 3.05) is 12.8 Å². The van der Waals surface area contributed by atoms with Gasteiger partial charge in [0.2, 0.25) is 0 Å². The fourth-order valence-corrected chi connectivity index (χ4v) is 4.00. The predicted molar refractivity (Wildman–Crippen MR) is 41.6 cm³/mol. The van der Waals surface area contributed by atoms with Gasteiger partial charge in [0.25, 0.3) is 0 Å². The van der Waals surface area contributed by atoms with Crippen LogP contribution in [0, 0.1) is 5.92 Å². The molecule has 0 aliphatic carbocycles. The van der Waals surface area contributed by atoms with Crippen LogP contribution in [0.2, 0.25) is 0 Å². The van der Waals surface area contributed by atoms with Crippen molar-refractivity contribution in [3.8, 4) is 0 Å². The van der Waals surface area contributed by atoms with E-state index in [0.29, 0.717) is 11.6 Å². The summed E-state index contributed by atoms with van der Waals surface area (Å²) in [6, 6.07) is 0. The fourth-order valence-electron chi connectivity index (χ4n) is 1.44. The third-order valence-corrected chi connectivity index (χ3v) is 6.09. The maximum Gasteiger partial charge on any atom is 0.0877 e. The normalized spacial score (nSPS) is 51.9. The van der Waals surface area contributed by atoms with Crippen LogP contribution >= 0.6 is 7.14 Å². The van der Waals surface area contributed by atoms with Gasteiger partial charge in [-0.25, -0.2) is 0 Å². The highest BCUT2D eigenvalue weighted by molar-refractivity contribution is 7.64. The van der Waals surface area contributed by atoms with Gasteiger partial charge in [-0.3, -0.25) is 0 Å². The van der Waals surface area contributed by atoms with E-state index in [0.717, 1.165) is 6.16 Å². The predicted octanol–water partition coefficient (Wildman–Crippen LogP) is 2.41. The van der Waals surface area contributed by atoms with Crippen molar-refractivity contribution in [2.24, 2.45) is 5.92 Å². The molecular formula is C7H15OP. The maximum atomic E-state index is 11.6. The molecule has 0 aromatic heterocycles. The Hall–Kier alpha value is 0.230. The summed E-state index contributed by atoms with van der Waals surface area (Å²) in [5.74, 6) is 0.695.